The van der Waals surface area contributed by atoms with Crippen LogP contribution in [0.15, 0.2) is 72.8 Å². The van der Waals surface area contributed by atoms with E-state index in [0.717, 1.165) is 0 Å². The number of anilines is 1. The average Bonchev–Trinajstić information content (AvgIpc) is 2.65. The van der Waals surface area contributed by atoms with E-state index < -0.39 is 11.8 Å². The molecule has 132 valence electrons. The number of halogens is 2. The third-order valence-electron chi connectivity index (χ3n) is 3.54. The van der Waals surface area contributed by atoms with E-state index in [1.54, 1.807) is 24.3 Å². The first-order valence-corrected chi connectivity index (χ1v) is 8.30. The molecule has 4 nitrogen and oxygen atoms in total. The second-order valence-electron chi connectivity index (χ2n) is 5.47. The smallest absolute Gasteiger partial charge is 0.319 e. The lowest BCUT2D eigenvalue weighted by Gasteiger charge is -2.13. The van der Waals surface area contributed by atoms with Crippen molar-refractivity contribution in [3.05, 3.63) is 89.2 Å². The molecule has 0 saturated heterocycles. The number of benzene rings is 3. The van der Waals surface area contributed by atoms with Gasteiger partial charge in [0.05, 0.1) is 10.7 Å². The Morgan fingerprint density at radius 3 is 2.50 bits per heavy atom. The number of rotatable bonds is 5. The number of hydrogen-bond donors (Lipinski definition) is 2. The van der Waals surface area contributed by atoms with Crippen LogP contribution in [0.25, 0.3) is 0 Å². The lowest BCUT2D eigenvalue weighted by molar-refractivity contribution is 0.251. The van der Waals surface area contributed by atoms with Crippen molar-refractivity contribution < 1.29 is 13.9 Å². The minimum Gasteiger partial charge on any atom is -0.455 e. The van der Waals surface area contributed by atoms with Crippen molar-refractivity contribution in [2.75, 3.05) is 5.32 Å². The molecular formula is C20H16ClFN2O2. The molecule has 3 aromatic rings. The molecule has 0 heterocycles. The molecule has 6 heteroatoms. The van der Waals surface area contributed by atoms with Gasteiger partial charge in [0, 0.05) is 6.54 Å². The van der Waals surface area contributed by atoms with Gasteiger partial charge in [0.25, 0.3) is 0 Å². The van der Waals surface area contributed by atoms with Crippen LogP contribution in [0.5, 0.6) is 11.5 Å². The molecule has 3 rings (SSSR count). The van der Waals surface area contributed by atoms with Crippen LogP contribution in [0, 0.1) is 5.82 Å². The molecule has 26 heavy (non-hydrogen) atoms. The largest absolute Gasteiger partial charge is 0.455 e. The van der Waals surface area contributed by atoms with Gasteiger partial charge in [-0.3, -0.25) is 0 Å². The lowest BCUT2D eigenvalue weighted by atomic mass is 10.2. The Labute approximate surface area is 155 Å². The van der Waals surface area contributed by atoms with Gasteiger partial charge in [-0.1, -0.05) is 48.0 Å². The Morgan fingerprint density at radius 2 is 1.73 bits per heavy atom. The summed E-state index contributed by atoms with van der Waals surface area (Å²) in [6.07, 6.45) is 0. The summed E-state index contributed by atoms with van der Waals surface area (Å²) in [5.74, 6) is 0.702. The van der Waals surface area contributed by atoms with Crippen molar-refractivity contribution in [1.82, 2.24) is 5.32 Å². The molecular weight excluding hydrogens is 355 g/mol. The minimum absolute atomic E-state index is 0.0197. The summed E-state index contributed by atoms with van der Waals surface area (Å²) in [6, 6.07) is 20.3. The molecule has 0 aliphatic heterocycles. The molecule has 0 unspecified atom stereocenters. The fourth-order valence-corrected chi connectivity index (χ4v) is 2.48. The van der Waals surface area contributed by atoms with Crippen LogP contribution in [0.3, 0.4) is 0 Å². The summed E-state index contributed by atoms with van der Waals surface area (Å²) in [6.45, 7) is 0.216. The van der Waals surface area contributed by atoms with Gasteiger partial charge in [-0.15, -0.1) is 0 Å². The van der Waals surface area contributed by atoms with Crippen molar-refractivity contribution in [3.63, 3.8) is 0 Å². The molecule has 0 spiro atoms. The van der Waals surface area contributed by atoms with Gasteiger partial charge in [0.2, 0.25) is 0 Å². The second-order valence-corrected chi connectivity index (χ2v) is 5.87. The van der Waals surface area contributed by atoms with Crippen LogP contribution in [-0.4, -0.2) is 6.03 Å². The van der Waals surface area contributed by atoms with Crippen molar-refractivity contribution in [2.45, 2.75) is 6.54 Å². The Kier molecular flexibility index (Phi) is 5.71. The monoisotopic (exact) mass is 370 g/mol. The number of ether oxygens (including phenoxy) is 1. The van der Waals surface area contributed by atoms with Crippen LogP contribution in [-0.2, 0) is 6.54 Å². The topological polar surface area (TPSA) is 50.4 Å². The normalized spacial score (nSPS) is 10.2. The van der Waals surface area contributed by atoms with Crippen LogP contribution < -0.4 is 15.4 Å². The molecule has 0 aliphatic rings. The maximum Gasteiger partial charge on any atom is 0.319 e. The summed E-state index contributed by atoms with van der Waals surface area (Å²) < 4.78 is 19.0. The van der Waals surface area contributed by atoms with Crippen LogP contribution in [0.1, 0.15) is 5.56 Å². The van der Waals surface area contributed by atoms with Gasteiger partial charge in [0.1, 0.15) is 11.6 Å². The first-order valence-electron chi connectivity index (χ1n) is 7.92. The molecule has 0 radical (unpaired) electrons. The highest BCUT2D eigenvalue weighted by atomic mass is 35.5. The Bertz CT molecular complexity index is 903. The molecule has 0 bridgehead atoms. The van der Waals surface area contributed by atoms with E-state index in [-0.39, 0.29) is 11.6 Å². The van der Waals surface area contributed by atoms with E-state index in [4.69, 9.17) is 16.3 Å². The third kappa shape index (κ3) is 4.74. The molecule has 0 aromatic heterocycles. The van der Waals surface area contributed by atoms with Gasteiger partial charge in [-0.05, 0) is 42.0 Å². The molecule has 0 saturated carbocycles. The van der Waals surface area contributed by atoms with E-state index in [9.17, 15) is 9.18 Å². The predicted molar refractivity (Wildman–Crippen MR) is 100 cm³/mol. The van der Waals surface area contributed by atoms with Gasteiger partial charge in [-0.2, -0.15) is 0 Å². The molecule has 0 aliphatic carbocycles. The van der Waals surface area contributed by atoms with E-state index in [1.165, 1.54) is 12.1 Å². The lowest BCUT2D eigenvalue weighted by Crippen LogP contribution is -2.28. The SMILES string of the molecule is O=C(NCc1ccc(F)c(Cl)c1)Nc1ccccc1Oc1ccccc1. The first kappa shape index (κ1) is 17.8. The molecule has 2 amide bonds. The number of urea groups is 1. The van der Waals surface area contributed by atoms with Crippen LogP contribution in [0.4, 0.5) is 14.9 Å². The van der Waals surface area contributed by atoms with Gasteiger partial charge in [0.15, 0.2) is 5.75 Å². The maximum absolute atomic E-state index is 13.2. The van der Waals surface area contributed by atoms with Crippen molar-refractivity contribution in [1.29, 1.82) is 0 Å². The van der Waals surface area contributed by atoms with Crippen molar-refractivity contribution in [3.8, 4) is 11.5 Å². The number of carbonyl (C=O) groups is 1. The minimum atomic E-state index is -0.494. The number of nitrogens with one attached hydrogen (secondary N) is 2. The summed E-state index contributed by atoms with van der Waals surface area (Å²) >= 11 is 5.74. The van der Waals surface area contributed by atoms with Crippen molar-refractivity contribution in [2.24, 2.45) is 0 Å². The summed E-state index contributed by atoms with van der Waals surface area (Å²) in [5.41, 5.74) is 1.23. The first-order chi connectivity index (χ1) is 12.6. The highest BCUT2D eigenvalue weighted by molar-refractivity contribution is 6.30. The highest BCUT2D eigenvalue weighted by Gasteiger charge is 2.09. The zero-order chi connectivity index (χ0) is 18.4. The Morgan fingerprint density at radius 1 is 1.00 bits per heavy atom. The molecule has 0 atom stereocenters. The molecule has 3 aromatic carbocycles. The number of para-hydroxylation sites is 3. The predicted octanol–water partition coefficient (Wildman–Crippen LogP) is 5.59. The van der Waals surface area contributed by atoms with Gasteiger partial charge >= 0.3 is 6.03 Å². The van der Waals surface area contributed by atoms with E-state index in [0.29, 0.717) is 22.7 Å². The number of carbonyl (C=O) groups excluding carboxylic acids is 1. The van der Waals surface area contributed by atoms with Gasteiger partial charge < -0.3 is 15.4 Å². The fourth-order valence-electron chi connectivity index (χ4n) is 2.27. The molecule has 2 N–H and O–H groups in total. The van der Waals surface area contributed by atoms with Crippen molar-refractivity contribution >= 4 is 23.3 Å². The van der Waals surface area contributed by atoms with E-state index in [2.05, 4.69) is 10.6 Å². The third-order valence-corrected chi connectivity index (χ3v) is 3.83. The number of amides is 2. The quantitative estimate of drug-likeness (QED) is 0.614. The van der Waals surface area contributed by atoms with Crippen LogP contribution >= 0.6 is 11.6 Å². The average molecular weight is 371 g/mol. The fraction of sp³-hybridized carbons (Fsp3) is 0.0500. The zero-order valence-corrected chi connectivity index (χ0v) is 14.5. The highest BCUT2D eigenvalue weighted by Crippen LogP contribution is 2.29. The number of hydrogen-bond acceptors (Lipinski definition) is 2. The van der Waals surface area contributed by atoms with Gasteiger partial charge in [-0.25, -0.2) is 9.18 Å². The Balaban J connectivity index is 1.63. The maximum atomic E-state index is 13.2. The summed E-state index contributed by atoms with van der Waals surface area (Å²) in [7, 11) is 0. The summed E-state index contributed by atoms with van der Waals surface area (Å²) in [5, 5.41) is 5.46. The molecule has 0 fully saturated rings. The second kappa shape index (κ2) is 8.36. The van der Waals surface area contributed by atoms with E-state index in [1.807, 2.05) is 36.4 Å². The standard InChI is InChI=1S/C20H16ClFN2O2/c21-16-12-14(10-11-17(16)22)13-23-20(25)24-18-8-4-5-9-19(18)26-15-6-2-1-3-7-15/h1-12H,13H2,(H2,23,24,25). The summed E-state index contributed by atoms with van der Waals surface area (Å²) in [4.78, 5) is 12.2. The zero-order valence-electron chi connectivity index (χ0n) is 13.7. The van der Waals surface area contributed by atoms with E-state index >= 15 is 0 Å². The Hall–Kier alpha value is -3.05. The van der Waals surface area contributed by atoms with Crippen LogP contribution in [0.2, 0.25) is 5.02 Å².